The third-order valence-corrected chi connectivity index (χ3v) is 4.21. The molecule has 1 saturated heterocycles. The molecule has 1 aromatic carbocycles. The van der Waals surface area contributed by atoms with Crippen LogP contribution >= 0.6 is 0 Å². The van der Waals surface area contributed by atoms with E-state index < -0.39 is 22.4 Å². The number of nitrogens with one attached hydrogen (secondary N) is 1. The maximum atomic E-state index is 13.2. The highest BCUT2D eigenvalue weighted by Gasteiger charge is 2.23. The lowest BCUT2D eigenvalue weighted by Gasteiger charge is -2.27. The van der Waals surface area contributed by atoms with Crippen LogP contribution in [0.3, 0.4) is 0 Å². The van der Waals surface area contributed by atoms with Crippen molar-refractivity contribution < 1.29 is 22.7 Å². The maximum Gasteiger partial charge on any atom is 0.253 e. The van der Waals surface area contributed by atoms with Crippen molar-refractivity contribution >= 4 is 10.0 Å². The van der Waals surface area contributed by atoms with E-state index >= 15 is 0 Å². The Morgan fingerprint density at radius 2 is 2.05 bits per heavy atom. The average Bonchev–Trinajstić information content (AvgIpc) is 2.39. The van der Waals surface area contributed by atoms with Gasteiger partial charge in [-0.05, 0) is 17.7 Å². The quantitative estimate of drug-likeness (QED) is 0.806. The lowest BCUT2D eigenvalue weighted by molar-refractivity contribution is 0.0272. The highest BCUT2D eigenvalue weighted by atomic mass is 32.2. The molecule has 1 heterocycles. The molecule has 1 aromatic rings. The summed E-state index contributed by atoms with van der Waals surface area (Å²) in [4.78, 5) is 2.11. The number of ether oxygens (including phenoxy) is 1. The van der Waals surface area contributed by atoms with Gasteiger partial charge in [0.2, 0.25) is 0 Å². The molecule has 1 aliphatic heterocycles. The molecule has 0 amide bonds. The van der Waals surface area contributed by atoms with Crippen LogP contribution in [-0.4, -0.2) is 44.8 Å². The highest BCUT2D eigenvalue weighted by Crippen LogP contribution is 2.17. The fourth-order valence-corrected chi connectivity index (χ4v) is 3.15. The van der Waals surface area contributed by atoms with Gasteiger partial charge in [-0.25, -0.2) is 17.8 Å². The zero-order valence-corrected chi connectivity index (χ0v) is 11.0. The summed E-state index contributed by atoms with van der Waals surface area (Å²) in [5.41, 5.74) is 0.155. The van der Waals surface area contributed by atoms with Crippen molar-refractivity contribution in [1.29, 1.82) is 0 Å². The fraction of sp³-hybridized carbons (Fsp3) is 0.455. The number of hydrogen-bond donors (Lipinski definition) is 2. The van der Waals surface area contributed by atoms with E-state index in [9.17, 15) is 12.8 Å². The summed E-state index contributed by atoms with van der Waals surface area (Å²) in [7, 11) is -3.90. The molecule has 1 fully saturated rings. The van der Waals surface area contributed by atoms with Crippen LogP contribution in [0.15, 0.2) is 23.1 Å². The van der Waals surface area contributed by atoms with Crippen LogP contribution in [0.5, 0.6) is 0 Å². The van der Waals surface area contributed by atoms with Crippen molar-refractivity contribution in [3.63, 3.8) is 0 Å². The van der Waals surface area contributed by atoms with Crippen LogP contribution in [0, 0.1) is 5.82 Å². The number of rotatable bonds is 4. The number of hydrazine groups is 1. The number of morpholine rings is 1. The first-order chi connectivity index (χ1) is 9.03. The van der Waals surface area contributed by atoms with Gasteiger partial charge in [-0.2, -0.15) is 0 Å². The lowest BCUT2D eigenvalue weighted by Crippen LogP contribution is -2.48. The Kier molecular flexibility index (Phi) is 4.48. The van der Waals surface area contributed by atoms with Crippen molar-refractivity contribution in [2.24, 2.45) is 0 Å². The Bertz CT molecular complexity index is 544. The first kappa shape index (κ1) is 14.4. The Morgan fingerprint density at radius 1 is 1.37 bits per heavy atom. The van der Waals surface area contributed by atoms with E-state index in [1.807, 2.05) is 0 Å². The van der Waals surface area contributed by atoms with Crippen LogP contribution in [-0.2, 0) is 21.4 Å². The first-order valence-corrected chi connectivity index (χ1v) is 7.25. The Morgan fingerprint density at radius 3 is 2.68 bits per heavy atom. The summed E-state index contributed by atoms with van der Waals surface area (Å²) in [6.07, 6.45) is 0. The number of nitrogens with zero attached hydrogens (tertiary/aromatic N) is 1. The van der Waals surface area contributed by atoms with Crippen molar-refractivity contribution in [3.8, 4) is 0 Å². The normalized spacial score (nSPS) is 17.6. The summed E-state index contributed by atoms with van der Waals surface area (Å²) in [6, 6.07) is 3.26. The van der Waals surface area contributed by atoms with Crippen molar-refractivity contribution in [3.05, 3.63) is 29.6 Å². The Hall–Kier alpha value is -1.06. The second-order valence-electron chi connectivity index (χ2n) is 4.10. The average molecular weight is 290 g/mol. The minimum atomic E-state index is -3.90. The molecule has 2 rings (SSSR count). The number of benzene rings is 1. The van der Waals surface area contributed by atoms with Gasteiger partial charge >= 0.3 is 0 Å². The standard InChI is InChI=1S/C11H15FN2O4S/c12-10-2-1-9(8-15)11(7-10)19(16,17)13-14-3-5-18-6-4-14/h1-2,7,13,15H,3-6,8H2. The van der Waals surface area contributed by atoms with Gasteiger partial charge in [0.1, 0.15) is 5.82 Å². The van der Waals surface area contributed by atoms with Crippen molar-refractivity contribution in [1.82, 2.24) is 9.84 Å². The van der Waals surface area contributed by atoms with Gasteiger partial charge in [-0.3, -0.25) is 0 Å². The zero-order valence-electron chi connectivity index (χ0n) is 10.2. The number of aliphatic hydroxyl groups is 1. The summed E-state index contributed by atoms with van der Waals surface area (Å²) >= 11 is 0. The minimum Gasteiger partial charge on any atom is -0.392 e. The Balaban J connectivity index is 2.25. The molecule has 0 unspecified atom stereocenters. The van der Waals surface area contributed by atoms with E-state index in [0.29, 0.717) is 26.3 Å². The molecule has 0 aromatic heterocycles. The lowest BCUT2D eigenvalue weighted by atomic mass is 10.2. The third-order valence-electron chi connectivity index (χ3n) is 2.75. The van der Waals surface area contributed by atoms with Crippen LogP contribution in [0.25, 0.3) is 0 Å². The van der Waals surface area contributed by atoms with Gasteiger partial charge in [0, 0.05) is 13.1 Å². The van der Waals surface area contributed by atoms with E-state index in [4.69, 9.17) is 9.84 Å². The predicted molar refractivity (Wildman–Crippen MR) is 65.0 cm³/mol. The molecule has 1 aliphatic rings. The fourth-order valence-electron chi connectivity index (χ4n) is 1.78. The largest absolute Gasteiger partial charge is 0.392 e. The second kappa shape index (κ2) is 5.93. The van der Waals surface area contributed by atoms with E-state index in [2.05, 4.69) is 4.83 Å². The summed E-state index contributed by atoms with van der Waals surface area (Å²) in [5, 5.41) is 10.6. The first-order valence-electron chi connectivity index (χ1n) is 5.77. The molecular formula is C11H15FN2O4S. The molecule has 6 nitrogen and oxygen atoms in total. The SMILES string of the molecule is O=S(=O)(NN1CCOCC1)c1cc(F)ccc1CO. The molecule has 19 heavy (non-hydrogen) atoms. The number of hydrogen-bond acceptors (Lipinski definition) is 5. The van der Waals surface area contributed by atoms with Gasteiger partial charge in [-0.15, -0.1) is 4.83 Å². The van der Waals surface area contributed by atoms with Crippen LogP contribution in [0.1, 0.15) is 5.56 Å². The third kappa shape index (κ3) is 3.48. The summed E-state index contributed by atoms with van der Waals surface area (Å²) in [6.45, 7) is 1.22. The molecule has 2 N–H and O–H groups in total. The highest BCUT2D eigenvalue weighted by molar-refractivity contribution is 7.89. The summed E-state index contributed by atoms with van der Waals surface area (Å²) in [5.74, 6) is -0.667. The van der Waals surface area contributed by atoms with E-state index in [1.54, 1.807) is 0 Å². The summed E-state index contributed by atoms with van der Waals surface area (Å²) < 4.78 is 42.6. The van der Waals surface area contributed by atoms with Crippen LogP contribution < -0.4 is 4.83 Å². The van der Waals surface area contributed by atoms with Gasteiger partial charge in [0.15, 0.2) is 0 Å². The topological polar surface area (TPSA) is 78.9 Å². The van der Waals surface area contributed by atoms with Crippen molar-refractivity contribution in [2.75, 3.05) is 26.3 Å². The second-order valence-corrected chi connectivity index (χ2v) is 5.73. The Labute approximate surface area is 110 Å². The van der Waals surface area contributed by atoms with Gasteiger partial charge < -0.3 is 9.84 Å². The molecule has 0 radical (unpaired) electrons. The van der Waals surface area contributed by atoms with Gasteiger partial charge in [-0.1, -0.05) is 6.07 Å². The van der Waals surface area contributed by atoms with E-state index in [1.165, 1.54) is 11.1 Å². The molecule has 8 heteroatoms. The maximum absolute atomic E-state index is 13.2. The molecule has 0 atom stereocenters. The zero-order chi connectivity index (χ0) is 13.9. The monoisotopic (exact) mass is 290 g/mol. The van der Waals surface area contributed by atoms with Crippen LogP contribution in [0.2, 0.25) is 0 Å². The molecule has 0 bridgehead atoms. The predicted octanol–water partition coefficient (Wildman–Crippen LogP) is -0.157. The van der Waals surface area contributed by atoms with Crippen LogP contribution in [0.4, 0.5) is 4.39 Å². The van der Waals surface area contributed by atoms with Gasteiger partial charge in [0.05, 0.1) is 24.7 Å². The number of aliphatic hydroxyl groups excluding tert-OH is 1. The number of sulfonamides is 1. The molecule has 0 aliphatic carbocycles. The van der Waals surface area contributed by atoms with Gasteiger partial charge in [0.25, 0.3) is 10.0 Å². The molecule has 0 saturated carbocycles. The minimum absolute atomic E-state index is 0.155. The molecule has 106 valence electrons. The smallest absolute Gasteiger partial charge is 0.253 e. The van der Waals surface area contributed by atoms with E-state index in [0.717, 1.165) is 12.1 Å². The van der Waals surface area contributed by atoms with E-state index in [-0.39, 0.29) is 10.5 Å². The molecular weight excluding hydrogens is 275 g/mol. The van der Waals surface area contributed by atoms with Crippen molar-refractivity contribution in [2.45, 2.75) is 11.5 Å². The molecule has 0 spiro atoms. The number of halogens is 1.